The minimum absolute atomic E-state index is 0.0274. The number of fused-ring (bicyclic) bond motifs is 2. The van der Waals surface area contributed by atoms with Crippen LogP contribution in [0.3, 0.4) is 0 Å². The van der Waals surface area contributed by atoms with Crippen molar-refractivity contribution in [1.82, 2.24) is 29.8 Å². The first-order valence-corrected chi connectivity index (χ1v) is 11.5. The maximum Gasteiger partial charge on any atom is 0.254 e. The van der Waals surface area contributed by atoms with E-state index in [0.717, 1.165) is 44.9 Å². The Morgan fingerprint density at radius 3 is 2.85 bits per heavy atom. The first-order valence-electron chi connectivity index (χ1n) is 10.6. The van der Waals surface area contributed by atoms with Gasteiger partial charge in [0.15, 0.2) is 0 Å². The molecule has 162 valence electrons. The van der Waals surface area contributed by atoms with Crippen molar-refractivity contribution in [1.29, 1.82) is 0 Å². The van der Waals surface area contributed by atoms with Crippen LogP contribution in [0.4, 0.5) is 11.5 Å². The van der Waals surface area contributed by atoms with Crippen molar-refractivity contribution in [2.24, 2.45) is 0 Å². The number of nitrogens with one attached hydrogen (secondary N) is 2. The van der Waals surface area contributed by atoms with Crippen molar-refractivity contribution in [3.8, 4) is 0 Å². The molecule has 0 bridgehead atoms. The predicted octanol–water partition coefficient (Wildman–Crippen LogP) is 4.64. The molecule has 6 rings (SSSR count). The van der Waals surface area contributed by atoms with E-state index < -0.39 is 0 Å². The van der Waals surface area contributed by atoms with E-state index in [4.69, 9.17) is 0 Å². The molecule has 9 heteroatoms. The summed E-state index contributed by atoms with van der Waals surface area (Å²) in [5.41, 5.74) is 7.40. The fourth-order valence-corrected chi connectivity index (χ4v) is 4.77. The third-order valence-electron chi connectivity index (χ3n) is 5.79. The fourth-order valence-electron chi connectivity index (χ4n) is 4.06. The lowest BCUT2D eigenvalue weighted by molar-refractivity contribution is 0.0772. The third-order valence-corrected chi connectivity index (χ3v) is 6.58. The largest absolute Gasteiger partial charge is 0.340 e. The van der Waals surface area contributed by atoms with Crippen molar-refractivity contribution >= 4 is 55.6 Å². The zero-order chi connectivity index (χ0) is 22.2. The molecule has 0 fully saturated rings. The van der Waals surface area contributed by atoms with Gasteiger partial charge in [-0.1, -0.05) is 6.08 Å². The van der Waals surface area contributed by atoms with Gasteiger partial charge in [-0.05, 0) is 48.4 Å². The molecule has 1 aliphatic rings. The minimum atomic E-state index is 0.0274. The van der Waals surface area contributed by atoms with Gasteiger partial charge in [0, 0.05) is 42.4 Å². The first-order chi connectivity index (χ1) is 16.2. The van der Waals surface area contributed by atoms with Crippen molar-refractivity contribution < 1.29 is 4.79 Å². The van der Waals surface area contributed by atoms with E-state index in [0.29, 0.717) is 18.7 Å². The fraction of sp³-hybridized carbons (Fsp3) is 0.125. The number of hydrogen-bond acceptors (Lipinski definition) is 7. The molecule has 0 unspecified atom stereocenters. The smallest absolute Gasteiger partial charge is 0.254 e. The number of pyridine rings is 1. The van der Waals surface area contributed by atoms with E-state index in [9.17, 15) is 4.79 Å². The molecule has 0 aliphatic carbocycles. The molecule has 0 atom stereocenters. The van der Waals surface area contributed by atoms with E-state index in [-0.39, 0.29) is 5.91 Å². The van der Waals surface area contributed by atoms with Gasteiger partial charge in [0.05, 0.1) is 21.1 Å². The Morgan fingerprint density at radius 1 is 1.09 bits per heavy atom. The standard InChI is InChI=1S/C24H19N7OS/c32-24(16-3-7-25-8-4-16)31-9-5-15(6-10-31)20-12-18-22(26-13-27-23(18)30-20)29-17-1-2-19-21(11-17)33-14-28-19/h1-5,7-8,11-14H,6,9-10H2,(H2,26,27,29,30). The van der Waals surface area contributed by atoms with Gasteiger partial charge in [0.1, 0.15) is 17.8 Å². The monoisotopic (exact) mass is 453 g/mol. The number of H-pyrrole nitrogens is 1. The van der Waals surface area contributed by atoms with E-state index in [2.05, 4.69) is 48.4 Å². The molecule has 0 saturated heterocycles. The average molecular weight is 454 g/mol. The van der Waals surface area contributed by atoms with Crippen LogP contribution in [0.1, 0.15) is 22.5 Å². The maximum atomic E-state index is 12.7. The number of hydrogen-bond donors (Lipinski definition) is 2. The Hall–Kier alpha value is -4.11. The summed E-state index contributed by atoms with van der Waals surface area (Å²) < 4.78 is 1.12. The molecule has 1 amide bonds. The van der Waals surface area contributed by atoms with Gasteiger partial charge in [0.2, 0.25) is 0 Å². The van der Waals surface area contributed by atoms with Crippen LogP contribution in [0.25, 0.3) is 26.8 Å². The molecular formula is C24H19N7OS. The van der Waals surface area contributed by atoms with E-state index >= 15 is 0 Å². The van der Waals surface area contributed by atoms with Gasteiger partial charge in [0.25, 0.3) is 5.91 Å². The summed E-state index contributed by atoms with van der Waals surface area (Å²) in [6.07, 6.45) is 7.71. The number of anilines is 2. The molecular weight excluding hydrogens is 434 g/mol. The van der Waals surface area contributed by atoms with E-state index in [1.54, 1.807) is 42.2 Å². The minimum Gasteiger partial charge on any atom is -0.340 e. The van der Waals surface area contributed by atoms with Gasteiger partial charge < -0.3 is 15.2 Å². The van der Waals surface area contributed by atoms with Crippen LogP contribution in [0, 0.1) is 0 Å². The molecule has 8 nitrogen and oxygen atoms in total. The number of carbonyl (C=O) groups excluding carboxylic acids is 1. The van der Waals surface area contributed by atoms with Gasteiger partial charge in [-0.25, -0.2) is 15.0 Å². The summed E-state index contributed by atoms with van der Waals surface area (Å²) in [6.45, 7) is 1.23. The van der Waals surface area contributed by atoms with Crippen LogP contribution in [-0.2, 0) is 0 Å². The lowest BCUT2D eigenvalue weighted by Crippen LogP contribution is -2.34. The second-order valence-electron chi connectivity index (χ2n) is 7.79. The lowest BCUT2D eigenvalue weighted by Gasteiger charge is -2.26. The topological polar surface area (TPSA) is 99.7 Å². The SMILES string of the molecule is O=C(c1ccncc1)N1CC=C(c2cc3c(Nc4ccc5ncsc5c4)ncnc3[nH]2)CC1. The number of carbonyl (C=O) groups is 1. The third kappa shape index (κ3) is 3.72. The van der Waals surface area contributed by atoms with Crippen LogP contribution < -0.4 is 5.32 Å². The second kappa shape index (κ2) is 8.10. The van der Waals surface area contributed by atoms with E-state index in [1.807, 2.05) is 22.5 Å². The molecule has 1 aliphatic heterocycles. The molecule has 1 aromatic carbocycles. The highest BCUT2D eigenvalue weighted by Crippen LogP contribution is 2.30. The summed E-state index contributed by atoms with van der Waals surface area (Å²) in [6, 6.07) is 11.7. The number of aromatic amines is 1. The maximum absolute atomic E-state index is 12.7. The second-order valence-corrected chi connectivity index (χ2v) is 8.68. The van der Waals surface area contributed by atoms with Gasteiger partial charge >= 0.3 is 0 Å². The highest BCUT2D eigenvalue weighted by molar-refractivity contribution is 7.16. The van der Waals surface area contributed by atoms with Crippen molar-refractivity contribution in [3.63, 3.8) is 0 Å². The molecule has 2 N–H and O–H groups in total. The number of amides is 1. The predicted molar refractivity (Wildman–Crippen MR) is 130 cm³/mol. The number of thiazole rings is 1. The number of benzene rings is 1. The Kier molecular flexibility index (Phi) is 4.80. The molecule has 5 aromatic rings. The Bertz CT molecular complexity index is 1510. The molecule has 0 saturated carbocycles. The van der Waals surface area contributed by atoms with Gasteiger partial charge in [-0.2, -0.15) is 0 Å². The summed E-state index contributed by atoms with van der Waals surface area (Å²) in [5.74, 6) is 0.775. The highest BCUT2D eigenvalue weighted by Gasteiger charge is 2.20. The Morgan fingerprint density at radius 2 is 2.00 bits per heavy atom. The zero-order valence-electron chi connectivity index (χ0n) is 17.5. The summed E-state index contributed by atoms with van der Waals surface area (Å²) >= 11 is 1.61. The first kappa shape index (κ1) is 19.6. The van der Waals surface area contributed by atoms with E-state index in [1.165, 1.54) is 5.57 Å². The van der Waals surface area contributed by atoms with Crippen molar-refractivity contribution in [2.45, 2.75) is 6.42 Å². The Balaban J connectivity index is 1.24. The summed E-state index contributed by atoms with van der Waals surface area (Å²) in [7, 11) is 0. The number of rotatable bonds is 4. The summed E-state index contributed by atoms with van der Waals surface area (Å²) in [5, 5.41) is 4.34. The van der Waals surface area contributed by atoms with Crippen LogP contribution in [0.15, 0.2) is 66.7 Å². The van der Waals surface area contributed by atoms with Crippen molar-refractivity contribution in [3.05, 3.63) is 78.0 Å². The Labute approximate surface area is 193 Å². The molecule has 0 spiro atoms. The van der Waals surface area contributed by atoms with Crippen molar-refractivity contribution in [2.75, 3.05) is 18.4 Å². The van der Waals surface area contributed by atoms with Crippen LogP contribution >= 0.6 is 11.3 Å². The van der Waals surface area contributed by atoms with Crippen LogP contribution in [0.5, 0.6) is 0 Å². The quantitative estimate of drug-likeness (QED) is 0.411. The average Bonchev–Trinajstić information content (AvgIpc) is 3.52. The van der Waals surface area contributed by atoms with Crippen LogP contribution in [0.2, 0.25) is 0 Å². The van der Waals surface area contributed by atoms with Crippen LogP contribution in [-0.4, -0.2) is 48.8 Å². The zero-order valence-corrected chi connectivity index (χ0v) is 18.3. The number of aromatic nitrogens is 5. The lowest BCUT2D eigenvalue weighted by atomic mass is 10.0. The normalized spacial score (nSPS) is 13.9. The molecule has 0 radical (unpaired) electrons. The highest BCUT2D eigenvalue weighted by atomic mass is 32.1. The summed E-state index contributed by atoms with van der Waals surface area (Å²) in [4.78, 5) is 35.2. The van der Waals surface area contributed by atoms with Gasteiger partial charge in [-0.15, -0.1) is 11.3 Å². The van der Waals surface area contributed by atoms with Gasteiger partial charge in [-0.3, -0.25) is 9.78 Å². The molecule has 33 heavy (non-hydrogen) atoms. The number of nitrogens with zero attached hydrogens (tertiary/aromatic N) is 5. The molecule has 5 heterocycles. The molecule has 4 aromatic heterocycles.